The van der Waals surface area contributed by atoms with Gasteiger partial charge in [0.05, 0.1) is 6.04 Å². The number of hydrogen-bond acceptors (Lipinski definition) is 2. The van der Waals surface area contributed by atoms with Crippen LogP contribution in [0.1, 0.15) is 22.0 Å². The van der Waals surface area contributed by atoms with Crippen LogP contribution >= 0.6 is 27.3 Å². The van der Waals surface area contributed by atoms with E-state index in [9.17, 15) is 4.39 Å². The molecule has 1 atom stereocenters. The summed E-state index contributed by atoms with van der Waals surface area (Å²) >= 11 is 5.17. The van der Waals surface area contributed by atoms with E-state index in [0.717, 1.165) is 10.0 Å². The predicted octanol–water partition coefficient (Wildman–Crippen LogP) is 4.27. The van der Waals surface area contributed by atoms with Crippen molar-refractivity contribution in [2.45, 2.75) is 13.0 Å². The third-order valence-electron chi connectivity index (χ3n) is 2.72. The largest absolute Gasteiger partial charge is 0.309 e. The van der Waals surface area contributed by atoms with E-state index in [2.05, 4.69) is 39.6 Å². The molecule has 0 radical (unpaired) electrons. The Bertz CT molecular complexity index is 524. The fourth-order valence-corrected chi connectivity index (χ4v) is 3.37. The molecule has 0 aliphatic carbocycles. The first kappa shape index (κ1) is 12.7. The third kappa shape index (κ3) is 2.59. The molecule has 1 aromatic heterocycles. The van der Waals surface area contributed by atoms with Gasteiger partial charge < -0.3 is 5.32 Å². The van der Waals surface area contributed by atoms with Gasteiger partial charge in [-0.05, 0) is 54.7 Å². The smallest absolute Gasteiger partial charge is 0.123 e. The molecule has 1 N–H and O–H groups in total. The van der Waals surface area contributed by atoms with Gasteiger partial charge in [-0.25, -0.2) is 4.39 Å². The molecule has 90 valence electrons. The standard InChI is InChI=1S/C13H13BrFNS/c1-8-5-6-17-13(8)12(16-2)10-7-9(15)3-4-11(10)14/h3-7,12,16H,1-2H3. The fourth-order valence-electron chi connectivity index (χ4n) is 1.84. The zero-order chi connectivity index (χ0) is 12.4. The molecule has 0 saturated carbocycles. The highest BCUT2D eigenvalue weighted by molar-refractivity contribution is 9.10. The summed E-state index contributed by atoms with van der Waals surface area (Å²) in [5, 5.41) is 5.30. The quantitative estimate of drug-likeness (QED) is 0.892. The van der Waals surface area contributed by atoms with Crippen molar-refractivity contribution in [3.8, 4) is 0 Å². The van der Waals surface area contributed by atoms with Gasteiger partial charge in [0, 0.05) is 9.35 Å². The van der Waals surface area contributed by atoms with Gasteiger partial charge in [-0.15, -0.1) is 11.3 Å². The minimum absolute atomic E-state index is 0.0278. The van der Waals surface area contributed by atoms with Gasteiger partial charge in [-0.1, -0.05) is 15.9 Å². The Kier molecular flexibility index (Phi) is 3.97. The molecule has 0 bridgehead atoms. The summed E-state index contributed by atoms with van der Waals surface area (Å²) in [6.07, 6.45) is 0. The second-order valence-corrected chi connectivity index (χ2v) is 5.66. The first-order chi connectivity index (χ1) is 8.13. The summed E-state index contributed by atoms with van der Waals surface area (Å²) in [6.45, 7) is 2.07. The first-order valence-electron chi connectivity index (χ1n) is 5.29. The number of aryl methyl sites for hydroxylation is 1. The molecule has 1 unspecified atom stereocenters. The van der Waals surface area contributed by atoms with Crippen LogP contribution in [0.4, 0.5) is 4.39 Å². The maximum atomic E-state index is 13.3. The summed E-state index contributed by atoms with van der Waals surface area (Å²) in [6, 6.07) is 6.89. The number of halogens is 2. The van der Waals surface area contributed by atoms with Gasteiger partial charge in [0.25, 0.3) is 0 Å². The normalized spacial score (nSPS) is 12.7. The van der Waals surface area contributed by atoms with Crippen LogP contribution in [0.2, 0.25) is 0 Å². The van der Waals surface area contributed by atoms with Crippen molar-refractivity contribution < 1.29 is 4.39 Å². The molecule has 1 nitrogen and oxygen atoms in total. The Balaban J connectivity index is 2.49. The first-order valence-corrected chi connectivity index (χ1v) is 6.97. The van der Waals surface area contributed by atoms with Crippen LogP contribution in [0.3, 0.4) is 0 Å². The topological polar surface area (TPSA) is 12.0 Å². The van der Waals surface area contributed by atoms with Crippen LogP contribution in [0.5, 0.6) is 0 Å². The van der Waals surface area contributed by atoms with Gasteiger partial charge in [0.1, 0.15) is 5.82 Å². The monoisotopic (exact) mass is 313 g/mol. The van der Waals surface area contributed by atoms with Crippen LogP contribution in [-0.2, 0) is 0 Å². The molecule has 1 aromatic carbocycles. The summed E-state index contributed by atoms with van der Waals surface area (Å²) in [5.74, 6) is -0.211. The molecule has 0 aliphatic rings. The lowest BCUT2D eigenvalue weighted by Crippen LogP contribution is -2.18. The Labute approximate surface area is 113 Å². The van der Waals surface area contributed by atoms with E-state index < -0.39 is 0 Å². The molecule has 2 rings (SSSR count). The maximum Gasteiger partial charge on any atom is 0.123 e. The van der Waals surface area contributed by atoms with Crippen molar-refractivity contribution >= 4 is 27.3 Å². The summed E-state index contributed by atoms with van der Waals surface area (Å²) in [5.41, 5.74) is 2.16. The number of nitrogens with one attached hydrogen (secondary N) is 1. The Morgan fingerprint density at radius 1 is 1.35 bits per heavy atom. The van der Waals surface area contributed by atoms with Gasteiger partial charge in [-0.2, -0.15) is 0 Å². The molecule has 0 spiro atoms. The molecule has 2 aromatic rings. The van der Waals surface area contributed by atoms with E-state index in [1.807, 2.05) is 7.05 Å². The van der Waals surface area contributed by atoms with Crippen molar-refractivity contribution in [3.63, 3.8) is 0 Å². The average Bonchev–Trinajstić information content (AvgIpc) is 2.71. The van der Waals surface area contributed by atoms with Crippen molar-refractivity contribution in [1.82, 2.24) is 5.32 Å². The van der Waals surface area contributed by atoms with Crippen LogP contribution in [0, 0.1) is 12.7 Å². The Morgan fingerprint density at radius 2 is 2.12 bits per heavy atom. The predicted molar refractivity (Wildman–Crippen MR) is 74.1 cm³/mol. The SMILES string of the molecule is CNC(c1cc(F)ccc1Br)c1sccc1C. The van der Waals surface area contributed by atoms with E-state index in [-0.39, 0.29) is 11.9 Å². The Hall–Kier alpha value is -0.710. The minimum Gasteiger partial charge on any atom is -0.309 e. The van der Waals surface area contributed by atoms with Crippen molar-refractivity contribution in [2.24, 2.45) is 0 Å². The van der Waals surface area contributed by atoms with Gasteiger partial charge in [0.2, 0.25) is 0 Å². The maximum absolute atomic E-state index is 13.3. The lowest BCUT2D eigenvalue weighted by Gasteiger charge is -2.18. The molecule has 17 heavy (non-hydrogen) atoms. The number of rotatable bonds is 3. The van der Waals surface area contributed by atoms with E-state index in [0.29, 0.717) is 0 Å². The molecule has 0 aliphatic heterocycles. The second-order valence-electron chi connectivity index (χ2n) is 3.86. The molecular weight excluding hydrogens is 301 g/mol. The Morgan fingerprint density at radius 3 is 2.71 bits per heavy atom. The molecule has 4 heteroatoms. The lowest BCUT2D eigenvalue weighted by molar-refractivity contribution is 0.616. The van der Waals surface area contributed by atoms with E-state index in [4.69, 9.17) is 0 Å². The van der Waals surface area contributed by atoms with Crippen LogP contribution in [0.15, 0.2) is 34.1 Å². The summed E-state index contributed by atoms with van der Waals surface area (Å²) in [7, 11) is 1.89. The molecule has 0 fully saturated rings. The molecule has 0 saturated heterocycles. The zero-order valence-corrected chi connectivity index (χ0v) is 12.0. The highest BCUT2D eigenvalue weighted by Crippen LogP contribution is 2.33. The average molecular weight is 314 g/mol. The van der Waals surface area contributed by atoms with Crippen molar-refractivity contribution in [1.29, 1.82) is 0 Å². The van der Waals surface area contributed by atoms with Crippen molar-refractivity contribution in [2.75, 3.05) is 7.05 Å². The van der Waals surface area contributed by atoms with Crippen LogP contribution in [-0.4, -0.2) is 7.05 Å². The number of hydrogen-bond donors (Lipinski definition) is 1. The molecular formula is C13H13BrFNS. The number of benzene rings is 1. The van der Waals surface area contributed by atoms with Gasteiger partial charge in [0.15, 0.2) is 0 Å². The zero-order valence-electron chi connectivity index (χ0n) is 9.63. The number of thiophene rings is 1. The molecule has 1 heterocycles. The van der Waals surface area contributed by atoms with E-state index in [1.165, 1.54) is 16.5 Å². The fraction of sp³-hybridized carbons (Fsp3) is 0.231. The van der Waals surface area contributed by atoms with Crippen LogP contribution < -0.4 is 5.32 Å². The van der Waals surface area contributed by atoms with Crippen molar-refractivity contribution in [3.05, 3.63) is 55.9 Å². The van der Waals surface area contributed by atoms with E-state index >= 15 is 0 Å². The summed E-state index contributed by atoms with van der Waals surface area (Å²) < 4.78 is 14.3. The van der Waals surface area contributed by atoms with Gasteiger partial charge in [-0.3, -0.25) is 0 Å². The second kappa shape index (κ2) is 5.29. The highest BCUT2D eigenvalue weighted by atomic mass is 79.9. The third-order valence-corrected chi connectivity index (χ3v) is 4.53. The van der Waals surface area contributed by atoms with Gasteiger partial charge >= 0.3 is 0 Å². The minimum atomic E-state index is -0.211. The molecule has 0 amide bonds. The van der Waals surface area contributed by atoms with E-state index in [1.54, 1.807) is 23.5 Å². The van der Waals surface area contributed by atoms with Crippen LogP contribution in [0.25, 0.3) is 0 Å². The highest BCUT2D eigenvalue weighted by Gasteiger charge is 2.18. The lowest BCUT2D eigenvalue weighted by atomic mass is 10.0. The summed E-state index contributed by atoms with van der Waals surface area (Å²) in [4.78, 5) is 1.22.